The van der Waals surface area contributed by atoms with Gasteiger partial charge in [0.1, 0.15) is 29.1 Å². The average Bonchev–Trinajstić information content (AvgIpc) is 3.33. The quantitative estimate of drug-likeness (QED) is 0.173. The highest BCUT2D eigenvalue weighted by Crippen LogP contribution is 2.39. The van der Waals surface area contributed by atoms with Gasteiger partial charge in [0.2, 0.25) is 5.91 Å². The van der Waals surface area contributed by atoms with E-state index < -0.39 is 30.6 Å². The molecule has 36 heavy (non-hydrogen) atoms. The van der Waals surface area contributed by atoms with Crippen LogP contribution in [0.25, 0.3) is 11.3 Å². The van der Waals surface area contributed by atoms with Gasteiger partial charge in [-0.1, -0.05) is 31.2 Å². The topological polar surface area (TPSA) is 73.1 Å². The zero-order valence-electron chi connectivity index (χ0n) is 20.3. The van der Waals surface area contributed by atoms with Crippen molar-refractivity contribution in [2.24, 2.45) is 5.92 Å². The molecule has 3 aromatic rings. The number of halogens is 4. The number of aromatic nitrogens is 4. The van der Waals surface area contributed by atoms with E-state index in [1.54, 1.807) is 28.0 Å². The highest BCUT2D eigenvalue weighted by atomic mass is 79.9. The molecule has 1 unspecified atom stereocenters. The maximum absolute atomic E-state index is 13.9. The van der Waals surface area contributed by atoms with Gasteiger partial charge in [-0.15, -0.1) is 0 Å². The summed E-state index contributed by atoms with van der Waals surface area (Å²) in [5.41, 5.74) is 1.75. The summed E-state index contributed by atoms with van der Waals surface area (Å²) in [5, 5.41) is 11.9. The van der Waals surface area contributed by atoms with Gasteiger partial charge in [0.05, 0.1) is 16.9 Å². The predicted octanol–water partition coefficient (Wildman–Crippen LogP) is 5.94. The van der Waals surface area contributed by atoms with Gasteiger partial charge in [-0.3, -0.25) is 9.69 Å². The second kappa shape index (κ2) is 11.0. The molecule has 12 heteroatoms. The third kappa shape index (κ3) is 6.01. The molecule has 1 amide bonds. The number of hydrogen-bond donors (Lipinski definition) is 0. The maximum Gasteiger partial charge on any atom is 0.231 e. The molecule has 1 aromatic carbocycles. The Morgan fingerprint density at radius 1 is 1.22 bits per heavy atom. The van der Waals surface area contributed by atoms with Crippen molar-refractivity contribution in [3.63, 3.8) is 0 Å². The first-order valence-electron chi connectivity index (χ1n) is 11.6. The molecule has 0 radical (unpaired) electrons. The van der Waals surface area contributed by atoms with E-state index >= 15 is 0 Å². The summed E-state index contributed by atoms with van der Waals surface area (Å²) >= 11 is 9.25. The monoisotopic (exact) mass is 597 g/mol. The lowest BCUT2D eigenvalue weighted by Crippen LogP contribution is -2.30. The number of ether oxygens (including phenoxy) is 1. The number of carbonyl (C=O) groups excluding carboxylic acids is 1. The zero-order chi connectivity index (χ0) is 26.0. The second-order valence-corrected chi connectivity index (χ2v) is 16.8. The Bertz CT molecular complexity index is 1230. The summed E-state index contributed by atoms with van der Waals surface area (Å²) in [6, 6.07) is 5.16. The molecule has 1 aliphatic rings. The molecular formula is C24H27BrClF2N5O2Si. The molecule has 2 aromatic heterocycles. The fourth-order valence-corrected chi connectivity index (χ4v) is 5.67. The molecule has 4 rings (SSSR count). The largest absolute Gasteiger partial charge is 0.359 e. The lowest BCUT2D eigenvalue weighted by atomic mass is 9.98. The van der Waals surface area contributed by atoms with Crippen LogP contribution >= 0.6 is 27.5 Å². The Labute approximate surface area is 222 Å². The Hall–Kier alpha value is -2.21. The van der Waals surface area contributed by atoms with Crippen molar-refractivity contribution in [3.8, 4) is 11.3 Å². The second-order valence-electron chi connectivity index (χ2n) is 10.0. The first-order valence-corrected chi connectivity index (χ1v) is 16.5. The van der Waals surface area contributed by atoms with Gasteiger partial charge >= 0.3 is 0 Å². The normalized spacial score (nSPS) is 16.2. The van der Waals surface area contributed by atoms with Gasteiger partial charge in [0.25, 0.3) is 0 Å². The molecule has 1 saturated heterocycles. The van der Waals surface area contributed by atoms with Gasteiger partial charge in [-0.2, -0.15) is 15.3 Å². The number of amides is 1. The van der Waals surface area contributed by atoms with E-state index in [1.165, 1.54) is 12.1 Å². The first-order chi connectivity index (χ1) is 17.0. The molecule has 1 aliphatic heterocycles. The molecule has 192 valence electrons. The van der Waals surface area contributed by atoms with E-state index in [2.05, 4.69) is 45.8 Å². The maximum atomic E-state index is 13.9. The number of benzene rings is 1. The molecule has 1 fully saturated rings. The minimum Gasteiger partial charge on any atom is -0.359 e. The Kier molecular flexibility index (Phi) is 8.23. The highest BCUT2D eigenvalue weighted by Gasteiger charge is 2.37. The fourth-order valence-electron chi connectivity index (χ4n) is 4.07. The van der Waals surface area contributed by atoms with E-state index in [4.69, 9.17) is 21.4 Å². The van der Waals surface area contributed by atoms with Gasteiger partial charge in [0.15, 0.2) is 5.82 Å². The van der Waals surface area contributed by atoms with Crippen LogP contribution in [-0.4, -0.2) is 47.1 Å². The molecule has 0 N–H and O–H groups in total. The summed E-state index contributed by atoms with van der Waals surface area (Å²) < 4.78 is 36.1. The SMILES string of the molecule is C[Si](C)(C)CCOCn1nc(-c2ccnnc2)c(Br)c1N1CCC(Cc2cc(F)c(Cl)c(F)c2)C1=O. The molecule has 0 bridgehead atoms. The van der Waals surface area contributed by atoms with Crippen LogP contribution in [-0.2, 0) is 22.7 Å². The number of nitrogens with zero attached hydrogens (tertiary/aromatic N) is 5. The molecule has 1 atom stereocenters. The standard InChI is InChI=1S/C24H27BrClF2N5O2Si/c1-36(2,3)9-8-35-14-33-23(20(25)22(31-33)17-4-6-29-30-13-17)32-7-5-16(24(32)34)10-15-11-18(27)21(26)19(28)12-15/h4,6,11-13,16H,5,7-10,14H2,1-3H3. The van der Waals surface area contributed by atoms with Crippen molar-refractivity contribution in [1.82, 2.24) is 20.0 Å². The summed E-state index contributed by atoms with van der Waals surface area (Å²) in [7, 11) is -1.27. The summed E-state index contributed by atoms with van der Waals surface area (Å²) in [5.74, 6) is -1.66. The van der Waals surface area contributed by atoms with Crippen molar-refractivity contribution >= 4 is 47.3 Å². The zero-order valence-corrected chi connectivity index (χ0v) is 23.6. The predicted molar refractivity (Wildman–Crippen MR) is 141 cm³/mol. The van der Waals surface area contributed by atoms with Crippen LogP contribution in [0.3, 0.4) is 0 Å². The van der Waals surface area contributed by atoms with Crippen molar-refractivity contribution in [2.45, 2.75) is 45.3 Å². The lowest BCUT2D eigenvalue weighted by molar-refractivity contribution is -0.120. The van der Waals surface area contributed by atoms with Crippen LogP contribution in [0.15, 0.2) is 35.1 Å². The molecule has 0 spiro atoms. The van der Waals surface area contributed by atoms with Crippen LogP contribution in [0.5, 0.6) is 0 Å². The Morgan fingerprint density at radius 3 is 2.58 bits per heavy atom. The van der Waals surface area contributed by atoms with E-state index in [-0.39, 0.29) is 19.1 Å². The molecule has 0 saturated carbocycles. The van der Waals surface area contributed by atoms with Crippen LogP contribution in [0.2, 0.25) is 30.7 Å². The van der Waals surface area contributed by atoms with E-state index in [1.807, 2.05) is 0 Å². The minimum absolute atomic E-state index is 0.144. The summed E-state index contributed by atoms with van der Waals surface area (Å²) in [6.07, 6.45) is 3.92. The van der Waals surface area contributed by atoms with Gasteiger partial charge in [-0.05, 0) is 58.6 Å². The van der Waals surface area contributed by atoms with Crippen LogP contribution < -0.4 is 4.90 Å². The Morgan fingerprint density at radius 2 is 1.94 bits per heavy atom. The average molecular weight is 599 g/mol. The minimum atomic E-state index is -1.27. The number of rotatable bonds is 9. The first kappa shape index (κ1) is 26.8. The van der Waals surface area contributed by atoms with Gasteiger partial charge in [-0.25, -0.2) is 13.5 Å². The van der Waals surface area contributed by atoms with Gasteiger partial charge in [0, 0.05) is 32.7 Å². The summed E-state index contributed by atoms with van der Waals surface area (Å²) in [4.78, 5) is 15.1. The molecule has 0 aliphatic carbocycles. The summed E-state index contributed by atoms with van der Waals surface area (Å²) in [6.45, 7) is 8.06. The van der Waals surface area contributed by atoms with Crippen LogP contribution in [0.1, 0.15) is 12.0 Å². The third-order valence-corrected chi connectivity index (χ3v) is 8.83. The molecule has 7 nitrogen and oxygen atoms in total. The van der Waals surface area contributed by atoms with Gasteiger partial charge < -0.3 is 4.74 Å². The van der Waals surface area contributed by atoms with E-state index in [0.717, 1.165) is 11.6 Å². The number of carbonyl (C=O) groups is 1. The Balaban J connectivity index is 1.59. The van der Waals surface area contributed by atoms with Crippen molar-refractivity contribution < 1.29 is 18.3 Å². The van der Waals surface area contributed by atoms with Crippen LogP contribution in [0.4, 0.5) is 14.6 Å². The smallest absolute Gasteiger partial charge is 0.231 e. The number of anilines is 1. The van der Waals surface area contributed by atoms with Crippen LogP contribution in [0, 0.1) is 17.6 Å². The number of hydrogen-bond acceptors (Lipinski definition) is 5. The van der Waals surface area contributed by atoms with Crippen molar-refractivity contribution in [3.05, 3.63) is 57.3 Å². The van der Waals surface area contributed by atoms with E-state index in [0.29, 0.717) is 41.1 Å². The van der Waals surface area contributed by atoms with E-state index in [9.17, 15) is 13.6 Å². The molecular weight excluding hydrogens is 572 g/mol. The fraction of sp³-hybridized carbons (Fsp3) is 0.417. The highest BCUT2D eigenvalue weighted by molar-refractivity contribution is 9.10. The third-order valence-electron chi connectivity index (χ3n) is 6.03. The van der Waals surface area contributed by atoms with Crippen molar-refractivity contribution in [2.75, 3.05) is 18.1 Å². The molecule has 3 heterocycles. The van der Waals surface area contributed by atoms with Crippen molar-refractivity contribution in [1.29, 1.82) is 0 Å². The lowest BCUT2D eigenvalue weighted by Gasteiger charge is -2.20.